The largest absolute Gasteiger partial charge is 0.436 e. The van der Waals surface area contributed by atoms with Gasteiger partial charge in [-0.2, -0.15) is 0 Å². The molecule has 0 saturated carbocycles. The van der Waals surface area contributed by atoms with Crippen molar-refractivity contribution in [2.24, 2.45) is 0 Å². The predicted molar refractivity (Wildman–Crippen MR) is 98.4 cm³/mol. The Labute approximate surface area is 166 Å². The van der Waals surface area contributed by atoms with E-state index in [0.717, 1.165) is 5.56 Å². The molecule has 0 aliphatic carbocycles. The van der Waals surface area contributed by atoms with Gasteiger partial charge in [0.1, 0.15) is 11.1 Å². The first-order valence-electron chi connectivity index (χ1n) is 8.56. The number of amides is 1. The maximum Gasteiger partial charge on any atom is 0.261 e. The van der Waals surface area contributed by atoms with Crippen LogP contribution in [0, 0.1) is 36.0 Å². The Morgan fingerprint density at radius 1 is 0.867 bits per heavy atom. The molecule has 0 fully saturated rings. The smallest absolute Gasteiger partial charge is 0.261 e. The lowest BCUT2D eigenvalue weighted by molar-refractivity contribution is 0.101. The van der Waals surface area contributed by atoms with Crippen LogP contribution in [0.4, 0.5) is 27.6 Å². The van der Waals surface area contributed by atoms with Gasteiger partial charge in [0, 0.05) is 11.3 Å². The predicted octanol–water partition coefficient (Wildman–Crippen LogP) is 5.75. The lowest BCUT2D eigenvalue weighted by Crippen LogP contribution is -2.19. The van der Waals surface area contributed by atoms with E-state index in [1.165, 1.54) is 24.3 Å². The molecule has 4 nitrogen and oxygen atoms in total. The number of carbonyl (C=O) groups excluding carboxylic acids is 1. The highest BCUT2D eigenvalue weighted by molar-refractivity contribution is 6.04. The standard InChI is InChI=1S/C21H11F5N2O2/c1-9-2-7-13-12(8-9)28-21(30-13)10-3-5-11(6-4-10)27-20(29)14-15(22)17(24)19(26)18(25)16(14)23/h2-8H,1H3,(H,27,29). The SMILES string of the molecule is Cc1ccc2oc(-c3ccc(NC(=O)c4c(F)c(F)c(F)c(F)c4F)cc3)nc2c1. The first-order valence-corrected chi connectivity index (χ1v) is 8.56. The molecule has 4 aromatic rings. The molecule has 152 valence electrons. The van der Waals surface area contributed by atoms with Crippen LogP contribution in [0.25, 0.3) is 22.6 Å². The van der Waals surface area contributed by atoms with E-state index in [-0.39, 0.29) is 5.69 Å². The quantitative estimate of drug-likeness (QED) is 0.262. The normalized spacial score (nSPS) is 11.1. The van der Waals surface area contributed by atoms with Gasteiger partial charge in [0.25, 0.3) is 5.91 Å². The number of carbonyl (C=O) groups is 1. The van der Waals surface area contributed by atoms with Crippen LogP contribution in [-0.2, 0) is 0 Å². The number of fused-ring (bicyclic) bond motifs is 1. The zero-order valence-corrected chi connectivity index (χ0v) is 15.2. The molecule has 1 N–H and O–H groups in total. The van der Waals surface area contributed by atoms with Gasteiger partial charge in [0.2, 0.25) is 11.7 Å². The van der Waals surface area contributed by atoms with E-state index >= 15 is 0 Å². The van der Waals surface area contributed by atoms with Crippen molar-refractivity contribution in [1.82, 2.24) is 4.98 Å². The van der Waals surface area contributed by atoms with Gasteiger partial charge >= 0.3 is 0 Å². The number of nitrogens with one attached hydrogen (secondary N) is 1. The number of oxazole rings is 1. The minimum absolute atomic E-state index is 0.0691. The Hall–Kier alpha value is -3.75. The van der Waals surface area contributed by atoms with E-state index in [2.05, 4.69) is 10.3 Å². The summed E-state index contributed by atoms with van der Waals surface area (Å²) in [4.78, 5) is 16.5. The monoisotopic (exact) mass is 418 g/mol. The van der Waals surface area contributed by atoms with Gasteiger partial charge in [-0.15, -0.1) is 0 Å². The van der Waals surface area contributed by atoms with Crippen LogP contribution >= 0.6 is 0 Å². The summed E-state index contributed by atoms with van der Waals surface area (Å²) in [5, 5.41) is 2.10. The first kappa shape index (κ1) is 19.6. The van der Waals surface area contributed by atoms with Crippen molar-refractivity contribution in [1.29, 1.82) is 0 Å². The molecule has 0 radical (unpaired) electrons. The Bertz CT molecular complexity index is 1270. The van der Waals surface area contributed by atoms with Crippen molar-refractivity contribution in [3.05, 3.63) is 82.7 Å². The molecule has 4 rings (SSSR count). The fourth-order valence-corrected chi connectivity index (χ4v) is 2.85. The van der Waals surface area contributed by atoms with E-state index < -0.39 is 40.6 Å². The van der Waals surface area contributed by atoms with Gasteiger partial charge in [-0.3, -0.25) is 4.79 Å². The minimum Gasteiger partial charge on any atom is -0.436 e. The number of nitrogens with zero attached hydrogens (tertiary/aromatic N) is 1. The van der Waals surface area contributed by atoms with E-state index in [9.17, 15) is 26.7 Å². The number of hydrogen-bond donors (Lipinski definition) is 1. The number of halogens is 5. The zero-order chi connectivity index (χ0) is 21.6. The molecular weight excluding hydrogens is 407 g/mol. The second-order valence-corrected chi connectivity index (χ2v) is 6.47. The van der Waals surface area contributed by atoms with Crippen LogP contribution in [0.1, 0.15) is 15.9 Å². The second kappa shape index (κ2) is 7.25. The van der Waals surface area contributed by atoms with Crippen LogP contribution in [0.5, 0.6) is 0 Å². The molecular formula is C21H11F5N2O2. The van der Waals surface area contributed by atoms with Crippen LogP contribution in [0.3, 0.4) is 0 Å². The number of rotatable bonds is 3. The number of hydrogen-bond acceptors (Lipinski definition) is 3. The van der Waals surface area contributed by atoms with Crippen molar-refractivity contribution in [3.8, 4) is 11.5 Å². The molecule has 0 atom stereocenters. The summed E-state index contributed by atoms with van der Waals surface area (Å²) in [6.07, 6.45) is 0. The molecule has 0 saturated heterocycles. The minimum atomic E-state index is -2.33. The lowest BCUT2D eigenvalue weighted by Gasteiger charge is -2.09. The Morgan fingerprint density at radius 2 is 1.47 bits per heavy atom. The average molecular weight is 418 g/mol. The molecule has 0 bridgehead atoms. The molecule has 9 heteroatoms. The van der Waals surface area contributed by atoms with E-state index in [0.29, 0.717) is 22.6 Å². The molecule has 3 aromatic carbocycles. The summed E-state index contributed by atoms with van der Waals surface area (Å²) in [6.45, 7) is 1.91. The molecule has 30 heavy (non-hydrogen) atoms. The molecule has 0 aliphatic rings. The summed E-state index contributed by atoms with van der Waals surface area (Å²) in [7, 11) is 0. The first-order chi connectivity index (χ1) is 14.3. The molecule has 1 amide bonds. The number of aryl methyl sites for hydroxylation is 1. The Morgan fingerprint density at radius 3 is 2.10 bits per heavy atom. The highest BCUT2D eigenvalue weighted by atomic mass is 19.2. The molecule has 0 unspecified atom stereocenters. The highest BCUT2D eigenvalue weighted by Gasteiger charge is 2.29. The second-order valence-electron chi connectivity index (χ2n) is 6.47. The fraction of sp³-hybridized carbons (Fsp3) is 0.0476. The van der Waals surface area contributed by atoms with Crippen LogP contribution in [0.2, 0.25) is 0 Å². The van der Waals surface area contributed by atoms with Gasteiger partial charge in [-0.25, -0.2) is 26.9 Å². The summed E-state index contributed by atoms with van der Waals surface area (Å²) >= 11 is 0. The van der Waals surface area contributed by atoms with Crippen molar-refractivity contribution in [2.75, 3.05) is 5.32 Å². The number of anilines is 1. The molecule has 0 aliphatic heterocycles. The van der Waals surface area contributed by atoms with Gasteiger partial charge in [0.15, 0.2) is 28.9 Å². The summed E-state index contributed by atoms with van der Waals surface area (Å²) < 4.78 is 72.9. The van der Waals surface area contributed by atoms with Crippen molar-refractivity contribution < 1.29 is 31.2 Å². The Balaban J connectivity index is 1.60. The maximum atomic E-state index is 13.8. The topological polar surface area (TPSA) is 55.1 Å². The van der Waals surface area contributed by atoms with E-state index in [4.69, 9.17) is 4.42 Å². The van der Waals surface area contributed by atoms with E-state index in [1.807, 2.05) is 19.1 Å². The number of benzene rings is 3. The third-order valence-electron chi connectivity index (χ3n) is 4.37. The van der Waals surface area contributed by atoms with Gasteiger partial charge in [-0.05, 0) is 48.9 Å². The van der Waals surface area contributed by atoms with Gasteiger partial charge < -0.3 is 9.73 Å². The maximum absolute atomic E-state index is 13.8. The van der Waals surface area contributed by atoms with Crippen LogP contribution in [-0.4, -0.2) is 10.9 Å². The van der Waals surface area contributed by atoms with Crippen LogP contribution in [0.15, 0.2) is 46.9 Å². The third kappa shape index (κ3) is 3.28. The molecule has 1 aromatic heterocycles. The lowest BCUT2D eigenvalue weighted by atomic mass is 10.1. The van der Waals surface area contributed by atoms with Crippen molar-refractivity contribution >= 4 is 22.7 Å². The summed E-state index contributed by atoms with van der Waals surface area (Å²) in [6, 6.07) is 11.3. The molecule has 0 spiro atoms. The summed E-state index contributed by atoms with van der Waals surface area (Å²) in [5.41, 5.74) is 1.31. The van der Waals surface area contributed by atoms with Gasteiger partial charge in [-0.1, -0.05) is 6.07 Å². The van der Waals surface area contributed by atoms with Gasteiger partial charge in [0.05, 0.1) is 0 Å². The Kier molecular flexibility index (Phi) is 4.73. The van der Waals surface area contributed by atoms with Crippen molar-refractivity contribution in [2.45, 2.75) is 6.92 Å². The molecule has 1 heterocycles. The van der Waals surface area contributed by atoms with Crippen molar-refractivity contribution in [3.63, 3.8) is 0 Å². The number of aromatic nitrogens is 1. The fourth-order valence-electron chi connectivity index (χ4n) is 2.85. The van der Waals surface area contributed by atoms with Crippen LogP contribution < -0.4 is 5.32 Å². The third-order valence-corrected chi connectivity index (χ3v) is 4.37. The summed E-state index contributed by atoms with van der Waals surface area (Å²) in [5.74, 6) is -12.3. The van der Waals surface area contributed by atoms with E-state index in [1.54, 1.807) is 6.07 Å². The highest BCUT2D eigenvalue weighted by Crippen LogP contribution is 2.27. The average Bonchev–Trinajstić information content (AvgIpc) is 3.14. The zero-order valence-electron chi connectivity index (χ0n) is 15.2.